The average Bonchev–Trinajstić information content (AvgIpc) is 3.41. The summed E-state index contributed by atoms with van der Waals surface area (Å²) in [6.07, 6.45) is 0.432. The second-order valence-corrected chi connectivity index (χ2v) is 9.01. The average molecular weight is 460 g/mol. The van der Waals surface area contributed by atoms with Gasteiger partial charge in [0.05, 0.1) is 11.1 Å². The lowest BCUT2D eigenvalue weighted by Gasteiger charge is -2.28. The molecule has 2 N–H and O–H groups in total. The third-order valence-corrected chi connectivity index (χ3v) is 6.76. The lowest BCUT2D eigenvalue weighted by molar-refractivity contribution is -0.137. The van der Waals surface area contributed by atoms with Gasteiger partial charge < -0.3 is 15.4 Å². The molecule has 2 aromatic rings. The monoisotopic (exact) mass is 460 g/mol. The first-order valence-corrected chi connectivity index (χ1v) is 11.2. The first-order valence-electron chi connectivity index (χ1n) is 11.2. The molecule has 2 fully saturated rings. The maximum absolute atomic E-state index is 12.9. The molecule has 33 heavy (non-hydrogen) atoms. The van der Waals surface area contributed by atoms with E-state index in [1.807, 2.05) is 6.92 Å². The van der Waals surface area contributed by atoms with Crippen LogP contribution in [-0.2, 0) is 11.0 Å². The van der Waals surface area contributed by atoms with Gasteiger partial charge in [-0.2, -0.15) is 13.2 Å². The predicted octanol–water partition coefficient (Wildman–Crippen LogP) is 5.28. The quantitative estimate of drug-likeness (QED) is 0.591. The van der Waals surface area contributed by atoms with E-state index in [2.05, 4.69) is 10.6 Å². The van der Waals surface area contributed by atoms with Crippen LogP contribution in [0.1, 0.15) is 48.5 Å². The minimum atomic E-state index is -4.50. The molecule has 2 bridgehead atoms. The van der Waals surface area contributed by atoms with Gasteiger partial charge in [-0.1, -0.05) is 24.6 Å². The fourth-order valence-electron chi connectivity index (χ4n) is 5.19. The van der Waals surface area contributed by atoms with Crippen molar-refractivity contribution in [2.75, 3.05) is 11.9 Å². The molecule has 0 aliphatic heterocycles. The van der Waals surface area contributed by atoms with Crippen LogP contribution < -0.4 is 15.4 Å². The summed E-state index contributed by atoms with van der Waals surface area (Å²) in [6, 6.07) is 11.0. The zero-order chi connectivity index (χ0) is 23.6. The van der Waals surface area contributed by atoms with Crippen LogP contribution in [0.15, 0.2) is 48.5 Å². The summed E-state index contributed by atoms with van der Waals surface area (Å²) in [4.78, 5) is 25.1. The minimum Gasteiger partial charge on any atom is -0.483 e. The zero-order valence-electron chi connectivity index (χ0n) is 18.3. The second kappa shape index (κ2) is 9.45. The summed E-state index contributed by atoms with van der Waals surface area (Å²) in [5.41, 5.74) is -0.517. The van der Waals surface area contributed by atoms with Crippen LogP contribution in [0.2, 0.25) is 0 Å². The molecule has 0 aromatic heterocycles. The van der Waals surface area contributed by atoms with Crippen molar-refractivity contribution < 1.29 is 27.5 Å². The van der Waals surface area contributed by atoms with Crippen molar-refractivity contribution in [3.63, 3.8) is 0 Å². The number of hydrogen-bond acceptors (Lipinski definition) is 3. The molecule has 0 heterocycles. The van der Waals surface area contributed by atoms with E-state index in [0.717, 1.165) is 24.5 Å². The van der Waals surface area contributed by atoms with Crippen LogP contribution in [0.25, 0.3) is 0 Å². The van der Waals surface area contributed by atoms with Gasteiger partial charge in [0, 0.05) is 11.7 Å². The third kappa shape index (κ3) is 5.49. The summed E-state index contributed by atoms with van der Waals surface area (Å²) in [7, 11) is 0. The molecule has 4 atom stereocenters. The number of benzene rings is 2. The van der Waals surface area contributed by atoms with E-state index in [1.54, 1.807) is 24.3 Å². The molecule has 2 aromatic carbocycles. The number of anilines is 1. The predicted molar refractivity (Wildman–Crippen MR) is 118 cm³/mol. The van der Waals surface area contributed by atoms with Crippen molar-refractivity contribution in [1.82, 2.24) is 5.32 Å². The normalized spacial score (nSPS) is 22.6. The summed E-state index contributed by atoms with van der Waals surface area (Å²) in [6.45, 7) is 1.59. The van der Waals surface area contributed by atoms with Gasteiger partial charge in [0.15, 0.2) is 6.61 Å². The largest absolute Gasteiger partial charge is 0.483 e. The van der Waals surface area contributed by atoms with Gasteiger partial charge >= 0.3 is 6.18 Å². The lowest BCUT2D eigenvalue weighted by Crippen LogP contribution is -2.40. The van der Waals surface area contributed by atoms with E-state index in [-0.39, 0.29) is 23.4 Å². The Kier molecular flexibility index (Phi) is 6.63. The maximum Gasteiger partial charge on any atom is 0.416 e. The van der Waals surface area contributed by atoms with Gasteiger partial charge in [0.1, 0.15) is 5.75 Å². The van der Waals surface area contributed by atoms with E-state index < -0.39 is 24.3 Å². The first-order chi connectivity index (χ1) is 15.7. The van der Waals surface area contributed by atoms with Crippen LogP contribution >= 0.6 is 0 Å². The fourth-order valence-corrected chi connectivity index (χ4v) is 5.19. The molecule has 176 valence electrons. The van der Waals surface area contributed by atoms with E-state index in [1.165, 1.54) is 31.4 Å². The highest BCUT2D eigenvalue weighted by atomic mass is 19.4. The van der Waals surface area contributed by atoms with E-state index >= 15 is 0 Å². The van der Waals surface area contributed by atoms with Crippen LogP contribution in [0.5, 0.6) is 5.75 Å². The molecule has 2 aliphatic carbocycles. The van der Waals surface area contributed by atoms with E-state index in [9.17, 15) is 22.8 Å². The second-order valence-electron chi connectivity index (χ2n) is 9.01. The summed E-state index contributed by atoms with van der Waals surface area (Å²) in [5, 5.41) is 5.48. The molecule has 8 heteroatoms. The molecule has 0 radical (unpaired) electrons. The molecule has 2 amide bonds. The highest BCUT2D eigenvalue weighted by molar-refractivity contribution is 5.97. The lowest BCUT2D eigenvalue weighted by atomic mass is 9.84. The molecule has 2 aliphatic rings. The molecular weight excluding hydrogens is 433 g/mol. The van der Waals surface area contributed by atoms with Crippen molar-refractivity contribution in [3.05, 3.63) is 59.7 Å². The molecule has 4 rings (SSSR count). The zero-order valence-corrected chi connectivity index (χ0v) is 18.3. The van der Waals surface area contributed by atoms with Crippen molar-refractivity contribution in [2.45, 2.75) is 44.8 Å². The number of ether oxygens (including phenoxy) is 1. The molecule has 0 unspecified atom stereocenters. The van der Waals surface area contributed by atoms with E-state index in [4.69, 9.17) is 4.74 Å². The highest BCUT2D eigenvalue weighted by Crippen LogP contribution is 2.49. The van der Waals surface area contributed by atoms with Crippen LogP contribution in [0.4, 0.5) is 18.9 Å². The van der Waals surface area contributed by atoms with Gasteiger partial charge in [-0.15, -0.1) is 0 Å². The molecule has 2 saturated carbocycles. The van der Waals surface area contributed by atoms with Gasteiger partial charge in [-0.05, 0) is 74.3 Å². The summed E-state index contributed by atoms with van der Waals surface area (Å²) in [5.74, 6) is 1.30. The molecule has 0 saturated heterocycles. The number of amides is 2. The van der Waals surface area contributed by atoms with Crippen LogP contribution in [-0.4, -0.2) is 24.5 Å². The van der Waals surface area contributed by atoms with Crippen molar-refractivity contribution >= 4 is 17.5 Å². The van der Waals surface area contributed by atoms with Gasteiger partial charge in [0.25, 0.3) is 11.8 Å². The number of halogens is 3. The van der Waals surface area contributed by atoms with Crippen LogP contribution in [0.3, 0.4) is 0 Å². The summed E-state index contributed by atoms with van der Waals surface area (Å²) < 4.78 is 44.1. The van der Waals surface area contributed by atoms with Crippen molar-refractivity contribution in [1.29, 1.82) is 0 Å². The number of carbonyl (C=O) groups excluding carboxylic acids is 2. The Morgan fingerprint density at radius 3 is 2.58 bits per heavy atom. The standard InChI is InChI=1S/C25H27F3N2O3/c1-15(21-12-16-9-10-17(21)11-16)29-24(32)20-7-2-3-8-22(20)33-14-23(31)30-19-6-4-5-18(13-19)25(26,27)28/h2-8,13,15-17,21H,9-12,14H2,1H3,(H,29,32)(H,30,31)/t15-,16-,17-,21-/m0/s1. The molecular formula is C25H27F3N2O3. The van der Waals surface area contributed by atoms with Gasteiger partial charge in [-0.25, -0.2) is 0 Å². The summed E-state index contributed by atoms with van der Waals surface area (Å²) >= 11 is 0. The van der Waals surface area contributed by atoms with Gasteiger partial charge in [0.2, 0.25) is 0 Å². The molecule has 0 spiro atoms. The Bertz CT molecular complexity index is 1020. The number of nitrogens with one attached hydrogen (secondary N) is 2. The SMILES string of the molecule is C[C@H](NC(=O)c1ccccc1OCC(=O)Nc1cccc(C(F)(F)F)c1)[C@@H]1C[C@H]2CC[C@H]1C2. The van der Waals surface area contributed by atoms with Crippen molar-refractivity contribution in [3.8, 4) is 5.75 Å². The van der Waals surface area contributed by atoms with Gasteiger partial charge in [-0.3, -0.25) is 9.59 Å². The number of fused-ring (bicyclic) bond motifs is 2. The van der Waals surface area contributed by atoms with E-state index in [0.29, 0.717) is 17.4 Å². The topological polar surface area (TPSA) is 67.4 Å². The smallest absolute Gasteiger partial charge is 0.416 e. The highest BCUT2D eigenvalue weighted by Gasteiger charge is 2.42. The number of carbonyl (C=O) groups is 2. The Balaban J connectivity index is 1.34. The Morgan fingerprint density at radius 2 is 1.88 bits per heavy atom. The van der Waals surface area contributed by atoms with Crippen molar-refractivity contribution in [2.24, 2.45) is 17.8 Å². The minimum absolute atomic E-state index is 0.0177. The maximum atomic E-state index is 12.9. The van der Waals surface area contributed by atoms with Crippen LogP contribution in [0, 0.1) is 17.8 Å². The number of alkyl halides is 3. The fraction of sp³-hybridized carbons (Fsp3) is 0.440. The number of rotatable bonds is 7. The Morgan fingerprint density at radius 1 is 1.09 bits per heavy atom. The molecule has 5 nitrogen and oxygen atoms in total. The Labute approximate surface area is 190 Å². The number of hydrogen-bond donors (Lipinski definition) is 2. The first kappa shape index (κ1) is 23.1. The number of para-hydroxylation sites is 1. The Hall–Kier alpha value is -3.03. The third-order valence-electron chi connectivity index (χ3n) is 6.76.